The molecule has 0 aliphatic heterocycles. The number of aliphatic hydroxyl groups excluding tert-OH is 1. The SMILES string of the molecule is Cc1nc(N)c2c(C)c(C(=O)NCC(O)c3ccsc3)sc2n1. The molecule has 1 atom stereocenters. The van der Waals surface area contributed by atoms with Crippen molar-refractivity contribution in [2.75, 3.05) is 12.3 Å². The van der Waals surface area contributed by atoms with E-state index < -0.39 is 6.10 Å². The van der Waals surface area contributed by atoms with Gasteiger partial charge in [0.25, 0.3) is 5.91 Å². The summed E-state index contributed by atoms with van der Waals surface area (Å²) < 4.78 is 0. The van der Waals surface area contributed by atoms with Gasteiger partial charge in [-0.15, -0.1) is 11.3 Å². The topological polar surface area (TPSA) is 101 Å². The van der Waals surface area contributed by atoms with Crippen molar-refractivity contribution in [3.63, 3.8) is 0 Å². The molecular weight excluding hydrogens is 332 g/mol. The Labute approximate surface area is 141 Å². The number of fused-ring (bicyclic) bond motifs is 1. The van der Waals surface area contributed by atoms with E-state index in [-0.39, 0.29) is 12.5 Å². The zero-order chi connectivity index (χ0) is 16.6. The Hall–Kier alpha value is -2.03. The number of thiophene rings is 2. The lowest BCUT2D eigenvalue weighted by atomic mass is 10.2. The number of hydrogen-bond acceptors (Lipinski definition) is 7. The van der Waals surface area contributed by atoms with Crippen molar-refractivity contribution in [1.82, 2.24) is 15.3 Å². The largest absolute Gasteiger partial charge is 0.387 e. The highest BCUT2D eigenvalue weighted by molar-refractivity contribution is 7.20. The Morgan fingerprint density at radius 2 is 2.22 bits per heavy atom. The van der Waals surface area contributed by atoms with Crippen LogP contribution in [0.15, 0.2) is 16.8 Å². The zero-order valence-electron chi connectivity index (χ0n) is 12.7. The van der Waals surface area contributed by atoms with Crippen molar-refractivity contribution in [2.24, 2.45) is 0 Å². The van der Waals surface area contributed by atoms with E-state index >= 15 is 0 Å². The second-order valence-corrected chi connectivity index (χ2v) is 6.95. The number of nitrogens with one attached hydrogen (secondary N) is 1. The van der Waals surface area contributed by atoms with Gasteiger partial charge in [0.2, 0.25) is 0 Å². The minimum Gasteiger partial charge on any atom is -0.387 e. The third-order valence-corrected chi connectivity index (χ3v) is 5.41. The van der Waals surface area contributed by atoms with Crippen LogP contribution in [0, 0.1) is 13.8 Å². The normalized spacial score (nSPS) is 12.5. The molecular formula is C15H16N4O2S2. The molecule has 0 aromatic carbocycles. The Balaban J connectivity index is 1.81. The van der Waals surface area contributed by atoms with Crippen LogP contribution < -0.4 is 11.1 Å². The maximum absolute atomic E-state index is 12.4. The molecule has 0 aliphatic carbocycles. The van der Waals surface area contributed by atoms with Crippen LogP contribution in [0.25, 0.3) is 10.2 Å². The van der Waals surface area contributed by atoms with Crippen LogP contribution in [-0.2, 0) is 0 Å². The predicted octanol–water partition coefficient (Wildman–Crippen LogP) is 2.42. The number of hydrogen-bond donors (Lipinski definition) is 3. The molecule has 120 valence electrons. The number of rotatable bonds is 4. The molecule has 0 fully saturated rings. The van der Waals surface area contributed by atoms with Crippen molar-refractivity contribution in [3.8, 4) is 0 Å². The third-order valence-electron chi connectivity index (χ3n) is 3.52. The van der Waals surface area contributed by atoms with Crippen molar-refractivity contribution in [3.05, 3.63) is 38.7 Å². The Morgan fingerprint density at radius 3 is 2.91 bits per heavy atom. The minimum atomic E-state index is -0.716. The third kappa shape index (κ3) is 3.05. The average molecular weight is 348 g/mol. The molecule has 0 aliphatic rings. The molecule has 0 saturated carbocycles. The molecule has 6 nitrogen and oxygen atoms in total. The fraction of sp³-hybridized carbons (Fsp3) is 0.267. The molecule has 3 aromatic rings. The van der Waals surface area contributed by atoms with Gasteiger partial charge in [-0.25, -0.2) is 9.97 Å². The van der Waals surface area contributed by atoms with E-state index in [0.717, 1.165) is 16.5 Å². The maximum Gasteiger partial charge on any atom is 0.261 e. The highest BCUT2D eigenvalue weighted by Crippen LogP contribution is 2.32. The van der Waals surface area contributed by atoms with Gasteiger partial charge >= 0.3 is 0 Å². The number of nitrogens with zero attached hydrogens (tertiary/aromatic N) is 2. The Morgan fingerprint density at radius 1 is 1.43 bits per heavy atom. The number of carbonyl (C=O) groups excluding carboxylic acids is 1. The summed E-state index contributed by atoms with van der Waals surface area (Å²) in [6, 6.07) is 1.84. The molecule has 0 saturated heterocycles. The van der Waals surface area contributed by atoms with E-state index in [4.69, 9.17) is 5.73 Å². The number of aryl methyl sites for hydroxylation is 2. The van der Waals surface area contributed by atoms with Crippen LogP contribution in [0.5, 0.6) is 0 Å². The zero-order valence-corrected chi connectivity index (χ0v) is 14.3. The lowest BCUT2D eigenvalue weighted by molar-refractivity contribution is 0.0920. The van der Waals surface area contributed by atoms with Gasteiger partial charge in [-0.1, -0.05) is 0 Å². The second-order valence-electron chi connectivity index (χ2n) is 5.17. The number of amides is 1. The summed E-state index contributed by atoms with van der Waals surface area (Å²) in [5.74, 6) is 0.728. The summed E-state index contributed by atoms with van der Waals surface area (Å²) in [6.45, 7) is 3.75. The molecule has 1 amide bonds. The van der Waals surface area contributed by atoms with Crippen molar-refractivity contribution in [1.29, 1.82) is 0 Å². The minimum absolute atomic E-state index is 0.156. The van der Waals surface area contributed by atoms with Crippen molar-refractivity contribution >= 4 is 44.6 Å². The van der Waals surface area contributed by atoms with Gasteiger partial charge in [0, 0.05) is 6.54 Å². The number of carbonyl (C=O) groups is 1. The monoisotopic (exact) mass is 348 g/mol. The van der Waals surface area contributed by atoms with E-state index in [1.165, 1.54) is 22.7 Å². The van der Waals surface area contributed by atoms with Crippen LogP contribution in [0.2, 0.25) is 0 Å². The summed E-state index contributed by atoms with van der Waals surface area (Å²) >= 11 is 2.79. The maximum atomic E-state index is 12.4. The lowest BCUT2D eigenvalue weighted by Crippen LogP contribution is -2.28. The molecule has 3 heterocycles. The van der Waals surface area contributed by atoms with E-state index in [1.54, 1.807) is 6.92 Å². The van der Waals surface area contributed by atoms with E-state index in [1.807, 2.05) is 23.8 Å². The molecule has 8 heteroatoms. The molecule has 3 aromatic heterocycles. The highest BCUT2D eigenvalue weighted by atomic mass is 32.1. The van der Waals surface area contributed by atoms with Crippen LogP contribution in [0.4, 0.5) is 5.82 Å². The molecule has 0 radical (unpaired) electrons. The highest BCUT2D eigenvalue weighted by Gasteiger charge is 2.20. The molecule has 4 N–H and O–H groups in total. The number of anilines is 1. The number of aromatic nitrogens is 2. The predicted molar refractivity (Wildman–Crippen MR) is 92.9 cm³/mol. The van der Waals surface area contributed by atoms with E-state index in [0.29, 0.717) is 21.3 Å². The number of nitrogen functional groups attached to an aromatic ring is 1. The summed E-state index contributed by atoms with van der Waals surface area (Å²) in [4.78, 5) is 22.1. The van der Waals surface area contributed by atoms with Crippen LogP contribution >= 0.6 is 22.7 Å². The molecule has 23 heavy (non-hydrogen) atoms. The van der Waals surface area contributed by atoms with Gasteiger partial charge in [0.05, 0.1) is 16.4 Å². The Kier molecular flexibility index (Phi) is 4.29. The molecule has 0 spiro atoms. The van der Waals surface area contributed by atoms with Gasteiger partial charge in [0.15, 0.2) is 0 Å². The second kappa shape index (κ2) is 6.23. The fourth-order valence-electron chi connectivity index (χ4n) is 2.35. The Bertz CT molecular complexity index is 858. The van der Waals surface area contributed by atoms with Crippen LogP contribution in [0.1, 0.15) is 32.7 Å². The van der Waals surface area contributed by atoms with E-state index in [9.17, 15) is 9.90 Å². The summed E-state index contributed by atoms with van der Waals surface area (Å²) in [7, 11) is 0. The number of aliphatic hydroxyl groups is 1. The van der Waals surface area contributed by atoms with Gasteiger partial charge in [-0.2, -0.15) is 11.3 Å². The first-order chi connectivity index (χ1) is 11.0. The van der Waals surface area contributed by atoms with Crippen LogP contribution in [-0.4, -0.2) is 27.5 Å². The fourth-order valence-corrected chi connectivity index (χ4v) is 4.21. The summed E-state index contributed by atoms with van der Waals surface area (Å²) in [5, 5.41) is 17.3. The standard InChI is InChI=1S/C15H16N4O2S2/c1-7-11-13(16)18-8(2)19-15(11)23-12(7)14(21)17-5-10(20)9-3-4-22-6-9/h3-4,6,10,20H,5H2,1-2H3,(H,17,21)(H2,16,18,19). The quantitative estimate of drug-likeness (QED) is 0.672. The molecule has 3 rings (SSSR count). The number of nitrogens with two attached hydrogens (primary N) is 1. The van der Waals surface area contributed by atoms with Gasteiger partial charge < -0.3 is 16.2 Å². The first kappa shape index (κ1) is 15.9. The molecule has 0 bridgehead atoms. The summed E-state index contributed by atoms with van der Waals surface area (Å²) in [6.07, 6.45) is -0.716. The first-order valence-electron chi connectivity index (χ1n) is 6.99. The van der Waals surface area contributed by atoms with Gasteiger partial charge in [0.1, 0.15) is 16.5 Å². The van der Waals surface area contributed by atoms with Gasteiger partial charge in [-0.05, 0) is 41.8 Å². The smallest absolute Gasteiger partial charge is 0.261 e. The van der Waals surface area contributed by atoms with Gasteiger partial charge in [-0.3, -0.25) is 4.79 Å². The lowest BCUT2D eigenvalue weighted by Gasteiger charge is -2.10. The van der Waals surface area contributed by atoms with Crippen molar-refractivity contribution in [2.45, 2.75) is 20.0 Å². The average Bonchev–Trinajstić information content (AvgIpc) is 3.12. The first-order valence-corrected chi connectivity index (χ1v) is 8.75. The van der Waals surface area contributed by atoms with E-state index in [2.05, 4.69) is 15.3 Å². The molecule has 1 unspecified atom stereocenters. The van der Waals surface area contributed by atoms with Crippen LogP contribution in [0.3, 0.4) is 0 Å². The van der Waals surface area contributed by atoms with Crippen molar-refractivity contribution < 1.29 is 9.90 Å². The summed E-state index contributed by atoms with van der Waals surface area (Å²) in [5.41, 5.74) is 7.51.